The van der Waals surface area contributed by atoms with E-state index in [9.17, 15) is 23.2 Å². The number of nitrogens with zero attached hydrogens (tertiary/aromatic N) is 1. The molecule has 0 spiro atoms. The molecule has 0 fully saturated rings. The molecular formula is C13H6F3NO3. The van der Waals surface area contributed by atoms with Gasteiger partial charge in [-0.3, -0.25) is 4.79 Å². The van der Waals surface area contributed by atoms with Gasteiger partial charge in [0.1, 0.15) is 11.3 Å². The Hall–Kier alpha value is -2.57. The number of Topliss-reactive ketones (excluding diaryl/α,β-unsaturated/α-hetero) is 1. The third kappa shape index (κ3) is 1.37. The predicted molar refractivity (Wildman–Crippen MR) is 63.6 cm³/mol. The number of allylic oxidation sites excluding steroid dienone is 4. The highest BCUT2D eigenvalue weighted by atomic mass is 19.2. The molecule has 0 radical (unpaired) electrons. The van der Waals surface area contributed by atoms with E-state index in [0.29, 0.717) is 5.75 Å². The molecule has 0 N–H and O–H groups in total. The van der Waals surface area contributed by atoms with Gasteiger partial charge in [0.25, 0.3) is 11.5 Å². The van der Waals surface area contributed by atoms with E-state index in [0.717, 1.165) is 0 Å². The van der Waals surface area contributed by atoms with E-state index in [4.69, 9.17) is 4.74 Å². The standard InChI is InChI=1S/C13H6F3NO3/c1-20-5-2-3-7-6(4-5)8-9(14)13(18)11(16)10(15)12(8)17(7)19/h2-4H,1H3. The number of rotatable bonds is 1. The first-order valence-corrected chi connectivity index (χ1v) is 5.50. The quantitative estimate of drug-likeness (QED) is 0.452. The highest BCUT2D eigenvalue weighted by Gasteiger charge is 2.46. The Morgan fingerprint density at radius 1 is 1.15 bits per heavy atom. The fourth-order valence-electron chi connectivity index (χ4n) is 2.20. The Morgan fingerprint density at radius 3 is 2.50 bits per heavy atom. The van der Waals surface area contributed by atoms with Crippen LogP contribution < -0.4 is 4.74 Å². The number of carbonyl (C=O) groups is 1. The van der Waals surface area contributed by atoms with Crippen LogP contribution in [0.3, 0.4) is 0 Å². The summed E-state index contributed by atoms with van der Waals surface area (Å²) in [5, 5.41) is 11.9. The van der Waals surface area contributed by atoms with Crippen molar-refractivity contribution in [3.63, 3.8) is 0 Å². The summed E-state index contributed by atoms with van der Waals surface area (Å²) in [6.07, 6.45) is 0. The van der Waals surface area contributed by atoms with Crippen LogP contribution in [-0.4, -0.2) is 23.3 Å². The van der Waals surface area contributed by atoms with Crippen LogP contribution in [0.2, 0.25) is 0 Å². The maximum absolute atomic E-state index is 13.9. The van der Waals surface area contributed by atoms with Gasteiger partial charge >= 0.3 is 0 Å². The normalized spacial score (nSPS) is 17.7. The van der Waals surface area contributed by atoms with E-state index in [1.807, 2.05) is 0 Å². The molecule has 3 rings (SSSR count). The van der Waals surface area contributed by atoms with E-state index in [1.54, 1.807) is 0 Å². The van der Waals surface area contributed by atoms with Crippen molar-refractivity contribution < 1.29 is 27.4 Å². The number of benzene rings is 1. The molecule has 2 aliphatic rings. The van der Waals surface area contributed by atoms with Crippen molar-refractivity contribution in [2.45, 2.75) is 0 Å². The van der Waals surface area contributed by atoms with Crippen molar-refractivity contribution in [2.75, 3.05) is 7.11 Å². The maximum atomic E-state index is 13.9. The summed E-state index contributed by atoms with van der Waals surface area (Å²) < 4.78 is 45.9. The lowest BCUT2D eigenvalue weighted by atomic mass is 9.95. The number of fused-ring (bicyclic) bond motifs is 3. The number of hydrogen-bond acceptors (Lipinski definition) is 3. The highest BCUT2D eigenvalue weighted by Crippen LogP contribution is 2.44. The van der Waals surface area contributed by atoms with Gasteiger partial charge in [-0.15, -0.1) is 0 Å². The molecule has 102 valence electrons. The largest absolute Gasteiger partial charge is 0.618 e. The van der Waals surface area contributed by atoms with Crippen molar-refractivity contribution in [2.24, 2.45) is 0 Å². The van der Waals surface area contributed by atoms with Crippen LogP contribution in [0.5, 0.6) is 5.75 Å². The minimum Gasteiger partial charge on any atom is -0.618 e. The molecule has 1 aliphatic carbocycles. The summed E-state index contributed by atoms with van der Waals surface area (Å²) in [6, 6.07) is 3.98. The number of methoxy groups -OCH3 is 1. The van der Waals surface area contributed by atoms with E-state index in [1.165, 1.54) is 25.3 Å². The van der Waals surface area contributed by atoms with Gasteiger partial charge in [-0.2, -0.15) is 13.5 Å². The molecule has 4 nitrogen and oxygen atoms in total. The van der Waals surface area contributed by atoms with E-state index in [-0.39, 0.29) is 16.0 Å². The fraction of sp³-hybridized carbons (Fsp3) is 0.0769. The summed E-state index contributed by atoms with van der Waals surface area (Å²) in [6.45, 7) is 0. The second kappa shape index (κ2) is 3.96. The monoisotopic (exact) mass is 281 g/mol. The Balaban J connectivity index is 2.36. The highest BCUT2D eigenvalue weighted by molar-refractivity contribution is 6.40. The smallest absolute Gasteiger partial charge is 0.267 e. The van der Waals surface area contributed by atoms with E-state index in [2.05, 4.69) is 0 Å². The molecule has 0 amide bonds. The van der Waals surface area contributed by atoms with Crippen LogP contribution >= 0.6 is 0 Å². The summed E-state index contributed by atoms with van der Waals surface area (Å²) >= 11 is 0. The molecule has 0 saturated carbocycles. The SMILES string of the molecule is COc1ccc2c(c1)C1=C(F)C(=O)C(F)=C(F)C1=[N+]2[O-]. The third-order valence-electron chi connectivity index (χ3n) is 3.15. The van der Waals surface area contributed by atoms with Gasteiger partial charge in [-0.1, -0.05) is 0 Å². The van der Waals surface area contributed by atoms with Gasteiger partial charge in [-0.25, -0.2) is 4.39 Å². The number of ether oxygens (including phenoxy) is 1. The molecular weight excluding hydrogens is 275 g/mol. The Morgan fingerprint density at radius 2 is 1.85 bits per heavy atom. The second-order valence-electron chi connectivity index (χ2n) is 4.17. The number of hydrogen-bond donors (Lipinski definition) is 0. The van der Waals surface area contributed by atoms with Crippen molar-refractivity contribution in [3.8, 4) is 5.75 Å². The van der Waals surface area contributed by atoms with Gasteiger partial charge in [-0.05, 0) is 12.1 Å². The molecule has 1 aliphatic heterocycles. The number of halogens is 3. The van der Waals surface area contributed by atoms with Crippen molar-refractivity contribution >= 4 is 22.8 Å². The zero-order valence-electron chi connectivity index (χ0n) is 10.0. The predicted octanol–water partition coefficient (Wildman–Crippen LogP) is 2.71. The molecule has 1 heterocycles. The molecule has 0 atom stereocenters. The fourth-order valence-corrected chi connectivity index (χ4v) is 2.20. The Labute approximate surface area is 110 Å². The first kappa shape index (κ1) is 12.5. The lowest BCUT2D eigenvalue weighted by Gasteiger charge is -2.08. The van der Waals surface area contributed by atoms with Crippen LogP contribution in [-0.2, 0) is 4.79 Å². The van der Waals surface area contributed by atoms with Gasteiger partial charge < -0.3 is 9.94 Å². The topological polar surface area (TPSA) is 52.4 Å². The minimum atomic E-state index is -1.90. The molecule has 0 saturated heterocycles. The molecule has 20 heavy (non-hydrogen) atoms. The van der Waals surface area contributed by atoms with Crippen molar-refractivity contribution in [1.29, 1.82) is 0 Å². The molecule has 1 aromatic rings. The number of ketones is 1. The maximum Gasteiger partial charge on any atom is 0.267 e. The van der Waals surface area contributed by atoms with E-state index >= 15 is 0 Å². The molecule has 1 aromatic carbocycles. The third-order valence-corrected chi connectivity index (χ3v) is 3.15. The first-order chi connectivity index (χ1) is 9.47. The summed E-state index contributed by atoms with van der Waals surface area (Å²) in [5.41, 5.74) is -1.47. The lowest BCUT2D eigenvalue weighted by Crippen LogP contribution is -2.19. The van der Waals surface area contributed by atoms with Crippen LogP contribution in [0.4, 0.5) is 18.9 Å². The van der Waals surface area contributed by atoms with Crippen molar-refractivity contribution in [3.05, 3.63) is 46.5 Å². The summed E-state index contributed by atoms with van der Waals surface area (Å²) in [7, 11) is 1.35. The van der Waals surface area contributed by atoms with E-state index < -0.39 is 34.5 Å². The zero-order chi connectivity index (χ0) is 14.6. The second-order valence-corrected chi connectivity index (χ2v) is 4.17. The number of carbonyl (C=O) groups excluding carboxylic acids is 1. The van der Waals surface area contributed by atoms with Crippen molar-refractivity contribution in [1.82, 2.24) is 0 Å². The van der Waals surface area contributed by atoms with Gasteiger partial charge in [0.05, 0.1) is 12.7 Å². The van der Waals surface area contributed by atoms with Gasteiger partial charge in [0, 0.05) is 6.07 Å². The van der Waals surface area contributed by atoms with Gasteiger partial charge in [0.2, 0.25) is 17.3 Å². The summed E-state index contributed by atoms with van der Waals surface area (Å²) in [5.74, 6) is -6.46. The average Bonchev–Trinajstić information content (AvgIpc) is 2.75. The van der Waals surface area contributed by atoms with Crippen LogP contribution in [0.1, 0.15) is 5.56 Å². The van der Waals surface area contributed by atoms with Crippen LogP contribution in [0.25, 0.3) is 5.57 Å². The van der Waals surface area contributed by atoms with Crippen LogP contribution in [0, 0.1) is 5.21 Å². The zero-order valence-corrected chi connectivity index (χ0v) is 10.0. The molecule has 0 aromatic heterocycles. The first-order valence-electron chi connectivity index (χ1n) is 5.50. The Bertz CT molecular complexity index is 762. The average molecular weight is 281 g/mol. The Kier molecular flexibility index (Phi) is 2.47. The van der Waals surface area contributed by atoms with Crippen LogP contribution in [0.15, 0.2) is 35.7 Å². The minimum absolute atomic E-state index is 0.0112. The van der Waals surface area contributed by atoms with Gasteiger partial charge in [0.15, 0.2) is 5.83 Å². The molecule has 0 bridgehead atoms. The summed E-state index contributed by atoms with van der Waals surface area (Å²) in [4.78, 5) is 11.3. The molecule has 0 unspecified atom stereocenters. The molecule has 7 heteroatoms. The lowest BCUT2D eigenvalue weighted by molar-refractivity contribution is -0.356.